The van der Waals surface area contributed by atoms with Crippen LogP contribution in [-0.4, -0.2) is 54.1 Å². The Balaban J connectivity index is 1.76. The summed E-state index contributed by atoms with van der Waals surface area (Å²) in [6, 6.07) is 4.02. The number of carbonyl (C=O) groups is 1. The maximum Gasteiger partial charge on any atom is 0.244 e. The normalized spacial score (nSPS) is 15.3. The van der Waals surface area contributed by atoms with E-state index in [-0.39, 0.29) is 12.5 Å². The lowest BCUT2D eigenvalue weighted by atomic mass is 10.4. The molecule has 0 saturated carbocycles. The molecule has 0 radical (unpaired) electrons. The van der Waals surface area contributed by atoms with Crippen LogP contribution in [0.5, 0.6) is 0 Å². The van der Waals surface area contributed by atoms with Crippen LogP contribution >= 0.6 is 0 Å². The van der Waals surface area contributed by atoms with Crippen molar-refractivity contribution in [3.05, 3.63) is 24.5 Å². The Morgan fingerprint density at radius 1 is 1.19 bits per heavy atom. The molecule has 1 fully saturated rings. The average molecular weight is 291 g/mol. The zero-order valence-corrected chi connectivity index (χ0v) is 12.7. The second-order valence-electron chi connectivity index (χ2n) is 5.13. The highest BCUT2D eigenvalue weighted by atomic mass is 16.2. The van der Waals surface area contributed by atoms with Gasteiger partial charge in [0.25, 0.3) is 0 Å². The van der Waals surface area contributed by atoms with Gasteiger partial charge in [-0.25, -0.2) is 4.99 Å². The Kier molecular flexibility index (Phi) is 6.12. The summed E-state index contributed by atoms with van der Waals surface area (Å²) in [5.41, 5.74) is 0. The molecule has 0 bridgehead atoms. The molecule has 1 aliphatic heterocycles. The highest BCUT2D eigenvalue weighted by molar-refractivity contribution is 5.85. The summed E-state index contributed by atoms with van der Waals surface area (Å²) in [5, 5.41) is 6.42. The fourth-order valence-corrected chi connectivity index (χ4v) is 2.38. The van der Waals surface area contributed by atoms with E-state index in [9.17, 15) is 4.79 Å². The van der Waals surface area contributed by atoms with Crippen molar-refractivity contribution in [1.29, 1.82) is 0 Å². The van der Waals surface area contributed by atoms with Crippen LogP contribution in [0, 0.1) is 0 Å². The molecule has 6 nitrogen and oxygen atoms in total. The first-order chi connectivity index (χ1) is 10.3. The molecule has 0 aromatic carbocycles. The number of amides is 1. The van der Waals surface area contributed by atoms with Gasteiger partial charge in [0.2, 0.25) is 5.91 Å². The molecular weight excluding hydrogens is 266 g/mol. The van der Waals surface area contributed by atoms with E-state index in [0.717, 1.165) is 45.6 Å². The van der Waals surface area contributed by atoms with Crippen molar-refractivity contribution in [1.82, 2.24) is 20.1 Å². The predicted molar refractivity (Wildman–Crippen MR) is 84.2 cm³/mol. The molecule has 1 saturated heterocycles. The Morgan fingerprint density at radius 3 is 2.57 bits per heavy atom. The van der Waals surface area contributed by atoms with Gasteiger partial charge in [-0.3, -0.25) is 4.79 Å². The van der Waals surface area contributed by atoms with Gasteiger partial charge >= 0.3 is 0 Å². The van der Waals surface area contributed by atoms with Crippen molar-refractivity contribution >= 4 is 11.9 Å². The van der Waals surface area contributed by atoms with Crippen molar-refractivity contribution in [3.8, 4) is 0 Å². The molecule has 1 aromatic rings. The number of hydrogen-bond donors (Lipinski definition) is 2. The van der Waals surface area contributed by atoms with E-state index in [1.807, 2.05) is 36.4 Å². The van der Waals surface area contributed by atoms with Gasteiger partial charge in [-0.1, -0.05) is 0 Å². The molecular formula is C15H25N5O. The van der Waals surface area contributed by atoms with Gasteiger partial charge in [0.1, 0.15) is 6.54 Å². The molecule has 1 aliphatic rings. The first-order valence-electron chi connectivity index (χ1n) is 7.70. The summed E-state index contributed by atoms with van der Waals surface area (Å²) >= 11 is 0. The van der Waals surface area contributed by atoms with Crippen LogP contribution in [0.3, 0.4) is 0 Å². The molecule has 0 aliphatic carbocycles. The molecule has 6 heteroatoms. The molecule has 2 rings (SSSR count). The van der Waals surface area contributed by atoms with Crippen LogP contribution < -0.4 is 10.6 Å². The molecule has 116 valence electrons. The zero-order valence-electron chi connectivity index (χ0n) is 12.7. The van der Waals surface area contributed by atoms with Crippen LogP contribution in [-0.2, 0) is 11.3 Å². The van der Waals surface area contributed by atoms with E-state index in [1.54, 1.807) is 0 Å². The largest absolute Gasteiger partial charge is 0.357 e. The number of aliphatic imine (C=N–C) groups is 1. The summed E-state index contributed by atoms with van der Waals surface area (Å²) in [4.78, 5) is 18.2. The van der Waals surface area contributed by atoms with E-state index in [1.165, 1.54) is 0 Å². The smallest absolute Gasteiger partial charge is 0.244 e. The number of aromatic nitrogens is 1. The first-order valence-corrected chi connectivity index (χ1v) is 7.70. The van der Waals surface area contributed by atoms with Gasteiger partial charge in [0.15, 0.2) is 5.96 Å². The maximum absolute atomic E-state index is 12.0. The van der Waals surface area contributed by atoms with E-state index < -0.39 is 0 Å². The van der Waals surface area contributed by atoms with Gasteiger partial charge in [-0.2, -0.15) is 0 Å². The zero-order chi connectivity index (χ0) is 14.9. The number of carbonyl (C=O) groups excluding carboxylic acids is 1. The number of nitrogens with zero attached hydrogens (tertiary/aromatic N) is 3. The minimum Gasteiger partial charge on any atom is -0.357 e. The fourth-order valence-electron chi connectivity index (χ4n) is 2.38. The Hall–Kier alpha value is -1.98. The minimum atomic E-state index is 0.120. The third kappa shape index (κ3) is 5.13. The summed E-state index contributed by atoms with van der Waals surface area (Å²) < 4.78 is 2.10. The van der Waals surface area contributed by atoms with E-state index in [0.29, 0.717) is 5.96 Å². The molecule has 21 heavy (non-hydrogen) atoms. The summed E-state index contributed by atoms with van der Waals surface area (Å²) in [6.07, 6.45) is 6.29. The molecule has 2 N–H and O–H groups in total. The topological polar surface area (TPSA) is 61.7 Å². The van der Waals surface area contributed by atoms with E-state index in [4.69, 9.17) is 0 Å². The van der Waals surface area contributed by atoms with Gasteiger partial charge < -0.3 is 20.1 Å². The lowest BCUT2D eigenvalue weighted by molar-refractivity contribution is -0.128. The highest BCUT2D eigenvalue weighted by Gasteiger charge is 2.17. The van der Waals surface area contributed by atoms with Crippen molar-refractivity contribution in [3.63, 3.8) is 0 Å². The standard InChI is InChI=1S/C15H25N5O/c1-2-16-15(17-7-12-19-8-3-4-9-19)18-13-14(21)20-10-5-6-11-20/h3-4,8-9H,2,5-7,10-13H2,1H3,(H2,16,17,18). The maximum atomic E-state index is 12.0. The highest BCUT2D eigenvalue weighted by Crippen LogP contribution is 2.07. The number of guanidine groups is 1. The average Bonchev–Trinajstić information content (AvgIpc) is 3.17. The monoisotopic (exact) mass is 291 g/mol. The van der Waals surface area contributed by atoms with Crippen LogP contribution in [0.4, 0.5) is 0 Å². The number of hydrogen-bond acceptors (Lipinski definition) is 2. The van der Waals surface area contributed by atoms with Gasteiger partial charge in [-0.15, -0.1) is 0 Å². The summed E-state index contributed by atoms with van der Waals surface area (Å²) in [6.45, 7) is 6.44. The third-order valence-corrected chi connectivity index (χ3v) is 3.50. The Bertz CT molecular complexity index is 449. The van der Waals surface area contributed by atoms with Crippen molar-refractivity contribution in [2.45, 2.75) is 26.3 Å². The van der Waals surface area contributed by atoms with E-state index >= 15 is 0 Å². The first kappa shape index (κ1) is 15.4. The predicted octanol–water partition coefficient (Wildman–Crippen LogP) is 0.666. The van der Waals surface area contributed by atoms with Crippen LogP contribution in [0.15, 0.2) is 29.5 Å². The molecule has 0 spiro atoms. The fraction of sp³-hybridized carbons (Fsp3) is 0.600. The number of likely N-dealkylation sites (tertiary alicyclic amines) is 1. The lowest BCUT2D eigenvalue weighted by Crippen LogP contribution is -2.40. The van der Waals surface area contributed by atoms with Crippen LogP contribution in [0.1, 0.15) is 19.8 Å². The number of rotatable bonds is 6. The van der Waals surface area contributed by atoms with Gasteiger partial charge in [0, 0.05) is 45.1 Å². The van der Waals surface area contributed by atoms with Crippen molar-refractivity contribution < 1.29 is 4.79 Å². The minimum absolute atomic E-state index is 0.120. The Labute approximate surface area is 126 Å². The quantitative estimate of drug-likeness (QED) is 0.598. The van der Waals surface area contributed by atoms with Crippen molar-refractivity contribution in [2.24, 2.45) is 4.99 Å². The molecule has 0 unspecified atom stereocenters. The molecule has 2 heterocycles. The van der Waals surface area contributed by atoms with Crippen molar-refractivity contribution in [2.75, 3.05) is 32.7 Å². The second kappa shape index (κ2) is 8.34. The SMILES string of the molecule is CCNC(=NCC(=O)N1CCCC1)NCCn1cccc1. The second-order valence-corrected chi connectivity index (χ2v) is 5.13. The van der Waals surface area contributed by atoms with E-state index in [2.05, 4.69) is 20.2 Å². The third-order valence-electron chi connectivity index (χ3n) is 3.50. The molecule has 1 amide bonds. The Morgan fingerprint density at radius 2 is 1.90 bits per heavy atom. The van der Waals surface area contributed by atoms with Crippen LogP contribution in [0.2, 0.25) is 0 Å². The lowest BCUT2D eigenvalue weighted by Gasteiger charge is -2.15. The molecule has 0 atom stereocenters. The summed E-state index contributed by atoms with van der Waals surface area (Å²) in [7, 11) is 0. The van der Waals surface area contributed by atoms with Crippen LogP contribution in [0.25, 0.3) is 0 Å². The summed E-state index contributed by atoms with van der Waals surface area (Å²) in [5.74, 6) is 0.826. The van der Waals surface area contributed by atoms with Gasteiger partial charge in [-0.05, 0) is 31.9 Å². The number of nitrogens with one attached hydrogen (secondary N) is 2. The van der Waals surface area contributed by atoms with Gasteiger partial charge in [0.05, 0.1) is 0 Å². The molecule has 1 aromatic heterocycles.